The summed E-state index contributed by atoms with van der Waals surface area (Å²) in [5.41, 5.74) is 2.75. The number of carboxylic acids is 1. The van der Waals surface area contributed by atoms with Gasteiger partial charge in [-0.05, 0) is 74.3 Å². The van der Waals surface area contributed by atoms with Crippen molar-refractivity contribution in [3.8, 4) is 10.4 Å². The zero-order chi connectivity index (χ0) is 23.8. The summed E-state index contributed by atoms with van der Waals surface area (Å²) in [4.78, 5) is 25.9. The quantitative estimate of drug-likeness (QED) is 0.452. The number of nitrogens with one attached hydrogen (secondary N) is 1. The van der Waals surface area contributed by atoms with Gasteiger partial charge in [-0.2, -0.15) is 0 Å². The predicted molar refractivity (Wildman–Crippen MR) is 130 cm³/mol. The second-order valence-electron chi connectivity index (χ2n) is 9.39. The number of hydrogen-bond donors (Lipinski definition) is 3. The summed E-state index contributed by atoms with van der Waals surface area (Å²) in [6.07, 6.45) is 4.80. The molecule has 3 N–H and O–H groups in total. The third-order valence-electron chi connectivity index (χ3n) is 6.45. The van der Waals surface area contributed by atoms with Gasteiger partial charge in [-0.3, -0.25) is 4.79 Å². The summed E-state index contributed by atoms with van der Waals surface area (Å²) >= 11 is 1.47. The molecule has 0 aliphatic heterocycles. The van der Waals surface area contributed by atoms with Crippen molar-refractivity contribution in [1.82, 2.24) is 15.0 Å². The van der Waals surface area contributed by atoms with E-state index in [1.807, 2.05) is 45.9 Å². The van der Waals surface area contributed by atoms with E-state index in [4.69, 9.17) is 0 Å². The van der Waals surface area contributed by atoms with Gasteiger partial charge in [0.15, 0.2) is 0 Å². The van der Waals surface area contributed by atoms with Gasteiger partial charge in [-0.25, -0.2) is 15.0 Å². The molecule has 33 heavy (non-hydrogen) atoms. The van der Waals surface area contributed by atoms with E-state index in [1.165, 1.54) is 11.3 Å². The summed E-state index contributed by atoms with van der Waals surface area (Å²) < 4.78 is 0. The lowest BCUT2D eigenvalue weighted by molar-refractivity contribution is -0.150. The number of hydrogen-bond acceptors (Lipinski definition) is 7. The van der Waals surface area contributed by atoms with Crippen LogP contribution in [0.5, 0.6) is 0 Å². The van der Waals surface area contributed by atoms with E-state index < -0.39 is 17.5 Å². The van der Waals surface area contributed by atoms with Gasteiger partial charge < -0.3 is 15.5 Å². The normalized spacial score (nSPS) is 23.0. The molecule has 174 valence electrons. The molecule has 0 saturated heterocycles. The third kappa shape index (κ3) is 5.07. The van der Waals surface area contributed by atoms with Crippen molar-refractivity contribution in [2.45, 2.75) is 52.6 Å². The minimum atomic E-state index is -1.09. The lowest BCUT2D eigenvalue weighted by Gasteiger charge is -2.40. The third-order valence-corrected chi connectivity index (χ3v) is 7.69. The Bertz CT molecular complexity index is 1160. The molecule has 1 aliphatic carbocycles. The number of benzene rings is 1. The van der Waals surface area contributed by atoms with Gasteiger partial charge in [0.25, 0.3) is 0 Å². The largest absolute Gasteiger partial charge is 0.481 e. The van der Waals surface area contributed by atoms with Gasteiger partial charge in [-0.15, -0.1) is 11.3 Å². The van der Waals surface area contributed by atoms with Gasteiger partial charge in [0, 0.05) is 23.8 Å². The van der Waals surface area contributed by atoms with Crippen LogP contribution in [0.15, 0.2) is 36.7 Å². The second kappa shape index (κ2) is 9.19. The highest BCUT2D eigenvalue weighted by Gasteiger charge is 2.45. The van der Waals surface area contributed by atoms with Crippen LogP contribution in [0.1, 0.15) is 49.4 Å². The molecule has 0 unspecified atom stereocenters. The number of carbonyl (C=O) groups is 1. The molecular formula is C25H30N4O3S. The average molecular weight is 467 g/mol. The van der Waals surface area contributed by atoms with Crippen molar-refractivity contribution in [2.24, 2.45) is 17.8 Å². The van der Waals surface area contributed by atoms with E-state index in [2.05, 4.69) is 26.3 Å². The Kier molecular flexibility index (Phi) is 6.50. The standard InChI is InChI=1S/C25H30N4O3S/c1-14(2)20-12-25(32,7-5-19(20)22(30)31)23-27-13-21(33-23)17-9-15(3)10-18(11-17)29-24-26-8-6-16(4)28-24/h6,8-11,13-14,19-20,32H,5,7,12H2,1-4H3,(H,30,31)(H,26,28,29)/t19-,20-,25+/m0/s1. The molecule has 1 saturated carbocycles. The molecule has 0 spiro atoms. The van der Waals surface area contributed by atoms with Crippen LogP contribution >= 0.6 is 11.3 Å². The number of aromatic nitrogens is 3. The van der Waals surface area contributed by atoms with Crippen molar-refractivity contribution in [3.63, 3.8) is 0 Å². The fraction of sp³-hybridized carbons (Fsp3) is 0.440. The topological polar surface area (TPSA) is 108 Å². The molecule has 2 heterocycles. The van der Waals surface area contributed by atoms with Gasteiger partial charge in [0.05, 0.1) is 10.8 Å². The molecular weight excluding hydrogens is 436 g/mol. The van der Waals surface area contributed by atoms with Crippen LogP contribution in [0.3, 0.4) is 0 Å². The Labute approximate surface area is 198 Å². The summed E-state index contributed by atoms with van der Waals surface area (Å²) in [6.45, 7) is 8.01. The molecule has 0 bridgehead atoms. The molecule has 4 rings (SSSR count). The number of aliphatic carboxylic acids is 1. The van der Waals surface area contributed by atoms with Gasteiger partial charge in [0.2, 0.25) is 5.95 Å². The van der Waals surface area contributed by atoms with E-state index in [0.717, 1.165) is 27.4 Å². The van der Waals surface area contributed by atoms with Crippen LogP contribution in [-0.4, -0.2) is 31.1 Å². The SMILES string of the molecule is Cc1cc(Nc2nccc(C)n2)cc(-c2cnc([C@@]3(O)CC[C@H](C(=O)O)[C@H](C(C)C)C3)s2)c1. The van der Waals surface area contributed by atoms with Gasteiger partial charge in [-0.1, -0.05) is 19.9 Å². The first kappa shape index (κ1) is 23.3. The lowest BCUT2D eigenvalue weighted by Crippen LogP contribution is -2.41. The van der Waals surface area contributed by atoms with E-state index >= 15 is 0 Å². The zero-order valence-electron chi connectivity index (χ0n) is 19.4. The van der Waals surface area contributed by atoms with E-state index in [0.29, 0.717) is 30.2 Å². The first-order valence-corrected chi connectivity index (χ1v) is 12.1. The molecule has 1 fully saturated rings. The minimum absolute atomic E-state index is 0.0855. The summed E-state index contributed by atoms with van der Waals surface area (Å²) in [7, 11) is 0. The Morgan fingerprint density at radius 1 is 1.24 bits per heavy atom. The van der Waals surface area contributed by atoms with E-state index in [9.17, 15) is 15.0 Å². The molecule has 0 amide bonds. The molecule has 7 nitrogen and oxygen atoms in total. The molecule has 1 aliphatic rings. The number of anilines is 2. The highest BCUT2D eigenvalue weighted by molar-refractivity contribution is 7.15. The zero-order valence-corrected chi connectivity index (χ0v) is 20.2. The highest BCUT2D eigenvalue weighted by Crippen LogP contribution is 2.47. The van der Waals surface area contributed by atoms with Gasteiger partial charge in [0.1, 0.15) is 10.6 Å². The number of carboxylic acid groups (broad SMARTS) is 1. The Balaban J connectivity index is 1.59. The van der Waals surface area contributed by atoms with Gasteiger partial charge >= 0.3 is 5.97 Å². The van der Waals surface area contributed by atoms with Crippen molar-refractivity contribution in [2.75, 3.05) is 5.32 Å². The number of rotatable bonds is 6. The summed E-state index contributed by atoms with van der Waals surface area (Å²) in [6, 6.07) is 8.00. The summed E-state index contributed by atoms with van der Waals surface area (Å²) in [5.74, 6) is -0.558. The number of nitrogens with zero attached hydrogens (tertiary/aromatic N) is 3. The molecule has 3 aromatic rings. The molecule has 0 radical (unpaired) electrons. The predicted octanol–water partition coefficient (Wildman–Crippen LogP) is 5.31. The van der Waals surface area contributed by atoms with Crippen LogP contribution in [0.25, 0.3) is 10.4 Å². The van der Waals surface area contributed by atoms with Crippen LogP contribution in [-0.2, 0) is 10.4 Å². The first-order chi connectivity index (χ1) is 15.6. The Morgan fingerprint density at radius 3 is 2.73 bits per heavy atom. The fourth-order valence-corrected chi connectivity index (χ4v) is 5.73. The maximum Gasteiger partial charge on any atom is 0.306 e. The first-order valence-electron chi connectivity index (χ1n) is 11.2. The van der Waals surface area contributed by atoms with Crippen molar-refractivity contribution < 1.29 is 15.0 Å². The smallest absolute Gasteiger partial charge is 0.306 e. The molecule has 3 atom stereocenters. The number of thiazole rings is 1. The molecule has 8 heteroatoms. The van der Waals surface area contributed by atoms with Crippen LogP contribution in [0.2, 0.25) is 0 Å². The molecule has 1 aromatic carbocycles. The van der Waals surface area contributed by atoms with Crippen LogP contribution < -0.4 is 5.32 Å². The second-order valence-corrected chi connectivity index (χ2v) is 10.4. The number of aliphatic hydroxyl groups is 1. The lowest BCUT2D eigenvalue weighted by atomic mass is 9.67. The monoisotopic (exact) mass is 466 g/mol. The van der Waals surface area contributed by atoms with Crippen LogP contribution in [0.4, 0.5) is 11.6 Å². The van der Waals surface area contributed by atoms with Crippen LogP contribution in [0, 0.1) is 31.6 Å². The Hall–Kier alpha value is -2.84. The van der Waals surface area contributed by atoms with Crippen molar-refractivity contribution >= 4 is 28.9 Å². The van der Waals surface area contributed by atoms with Crippen molar-refractivity contribution in [1.29, 1.82) is 0 Å². The summed E-state index contributed by atoms with van der Waals surface area (Å²) in [5, 5.41) is 25.0. The molecule has 2 aromatic heterocycles. The van der Waals surface area contributed by atoms with E-state index in [1.54, 1.807) is 12.4 Å². The van der Waals surface area contributed by atoms with Crippen molar-refractivity contribution in [3.05, 3.63) is 52.9 Å². The fourth-order valence-electron chi connectivity index (χ4n) is 4.70. The van der Waals surface area contributed by atoms with E-state index in [-0.39, 0.29) is 11.8 Å². The Morgan fingerprint density at radius 2 is 2.03 bits per heavy atom. The highest BCUT2D eigenvalue weighted by atomic mass is 32.1. The maximum absolute atomic E-state index is 11.7. The number of aryl methyl sites for hydroxylation is 2. The average Bonchev–Trinajstić information content (AvgIpc) is 3.24. The maximum atomic E-state index is 11.7. The minimum Gasteiger partial charge on any atom is -0.481 e.